The van der Waals surface area contributed by atoms with E-state index in [1.165, 1.54) is 6.42 Å². The fourth-order valence-corrected chi connectivity index (χ4v) is 0.827. The molecule has 0 spiro atoms. The van der Waals surface area contributed by atoms with Crippen molar-refractivity contribution in [3.05, 3.63) is 14.5 Å². The molecule has 0 aromatic carbocycles. The van der Waals surface area contributed by atoms with E-state index < -0.39 is 5.41 Å². The number of rotatable bonds is 7. The Morgan fingerprint density at radius 3 is 2.15 bits per heavy atom. The molecule has 4 nitrogen and oxygen atoms in total. The van der Waals surface area contributed by atoms with Gasteiger partial charge in [-0.2, -0.15) is 0 Å². The van der Waals surface area contributed by atoms with Crippen molar-refractivity contribution in [2.24, 2.45) is 5.41 Å². The van der Waals surface area contributed by atoms with Crippen LogP contribution in [0.3, 0.4) is 0 Å². The number of ether oxygens (including phenoxy) is 2. The predicted molar refractivity (Wildman–Crippen MR) is 84.1 cm³/mol. The predicted octanol–water partition coefficient (Wildman–Crippen LogP) is 2.81. The van der Waals surface area contributed by atoms with Crippen molar-refractivity contribution in [2.75, 3.05) is 26.9 Å². The molecule has 0 aromatic heterocycles. The summed E-state index contributed by atoms with van der Waals surface area (Å²) in [5, 5.41) is 2.74. The molecular weight excluding hydrogens is 293 g/mol. The third kappa shape index (κ3) is 20.2. The van der Waals surface area contributed by atoms with Crippen LogP contribution >= 0.6 is 0 Å². The monoisotopic (exact) mass is 326 g/mol. The minimum Gasteiger partial charge on any atom is -0.554 e. The van der Waals surface area contributed by atoms with E-state index in [4.69, 9.17) is 9.47 Å². The minimum atomic E-state index is -0.532. The van der Waals surface area contributed by atoms with Crippen LogP contribution in [-0.2, 0) is 31.2 Å². The van der Waals surface area contributed by atoms with Gasteiger partial charge in [-0.1, -0.05) is 13.8 Å². The van der Waals surface area contributed by atoms with Gasteiger partial charge in [0.2, 0.25) is 5.91 Å². The van der Waals surface area contributed by atoms with E-state index in [-0.39, 0.29) is 13.3 Å². The molecule has 0 aliphatic carbocycles. The largest absolute Gasteiger partial charge is 0.554 e. The first-order valence-corrected chi connectivity index (χ1v) is 7.37. The van der Waals surface area contributed by atoms with Crippen molar-refractivity contribution >= 4 is 10.6 Å². The van der Waals surface area contributed by atoms with Crippen molar-refractivity contribution in [3.8, 4) is 0 Å². The maximum atomic E-state index is 11.5. The normalized spacial score (nSPS) is 9.05. The minimum absolute atomic E-state index is 0. The number of nitrogens with one attached hydrogen (secondary N) is 1. The van der Waals surface area contributed by atoms with Gasteiger partial charge in [0.1, 0.15) is 0 Å². The van der Waals surface area contributed by atoms with Gasteiger partial charge in [0.25, 0.3) is 0 Å². The van der Waals surface area contributed by atoms with E-state index >= 15 is 0 Å². The summed E-state index contributed by atoms with van der Waals surface area (Å²) in [7, 11) is 4.84. The molecule has 0 fully saturated rings. The summed E-state index contributed by atoms with van der Waals surface area (Å²) in [6, 6.07) is 0. The van der Waals surface area contributed by atoms with Crippen molar-refractivity contribution < 1.29 is 31.2 Å². The summed E-state index contributed by atoms with van der Waals surface area (Å²) in [5.74, 6) is -0.0480. The van der Waals surface area contributed by atoms with Crippen LogP contribution in [0.4, 0.5) is 0 Å². The van der Waals surface area contributed by atoms with Gasteiger partial charge in [-0.05, 0) is 13.8 Å². The number of hydrogen-bond acceptors (Lipinski definition) is 3. The standard InChI is InChI=1S/C9H18NO3.C3H6.C2H6.CH3.V/c1-9(2,7-13-4)8(11)10-5-6-12-3;1-3-2;1-2;;/h4-7H2,1-3H3,(H,10,11);1H,3H2,2H3;1-2H3;1H3;/q-1;;;-1;+2. The van der Waals surface area contributed by atoms with E-state index in [1.807, 2.05) is 13.8 Å². The van der Waals surface area contributed by atoms with E-state index in [9.17, 15) is 4.79 Å². The van der Waals surface area contributed by atoms with Crippen molar-refractivity contribution in [1.29, 1.82) is 0 Å². The summed E-state index contributed by atoms with van der Waals surface area (Å²) in [6.07, 6.45) is 1.17. The quantitative estimate of drug-likeness (QED) is 0.578. The second-order valence-corrected chi connectivity index (χ2v) is 4.64. The smallest absolute Gasteiger partial charge is 0.227 e. The molecule has 5 heteroatoms. The summed E-state index contributed by atoms with van der Waals surface area (Å²) in [4.78, 5) is 11.5. The van der Waals surface area contributed by atoms with Crippen LogP contribution in [0.5, 0.6) is 0 Å². The molecule has 0 radical (unpaired) electrons. The third-order valence-electron chi connectivity index (χ3n) is 1.85. The van der Waals surface area contributed by atoms with E-state index in [2.05, 4.69) is 41.1 Å². The van der Waals surface area contributed by atoms with Crippen LogP contribution in [0.2, 0.25) is 0 Å². The Morgan fingerprint density at radius 1 is 1.40 bits per heavy atom. The summed E-state index contributed by atoms with van der Waals surface area (Å²) >= 11 is 2.41. The van der Waals surface area contributed by atoms with E-state index in [1.54, 1.807) is 21.0 Å². The average Bonchev–Trinajstić information content (AvgIpc) is 2.41. The first kappa shape index (κ1) is 28.1. The molecule has 0 rings (SSSR count). The molecule has 0 aliphatic heterocycles. The third-order valence-corrected chi connectivity index (χ3v) is 2.42. The van der Waals surface area contributed by atoms with Gasteiger partial charge < -0.3 is 22.2 Å². The molecule has 0 atom stereocenters. The summed E-state index contributed by atoms with van der Waals surface area (Å²) in [5.41, 5.74) is -0.532. The molecule has 0 unspecified atom stereocenters. The molecule has 0 bridgehead atoms. The van der Waals surface area contributed by atoms with Gasteiger partial charge in [0.05, 0.1) is 12.0 Å². The van der Waals surface area contributed by atoms with Crippen molar-refractivity contribution in [3.63, 3.8) is 0 Å². The first-order chi connectivity index (χ1) is 8.96. The number of hydrogen-bond donors (Lipinski definition) is 1. The second-order valence-electron chi connectivity index (χ2n) is 4.07. The fourth-order valence-electron chi connectivity index (χ4n) is 0.827. The molecule has 20 heavy (non-hydrogen) atoms. The maximum absolute atomic E-state index is 11.5. The Labute approximate surface area is 135 Å². The number of amides is 1. The Hall–Kier alpha value is -0.156. The molecule has 121 valence electrons. The number of carbonyl (C=O) groups excluding carboxylic acids is 1. The zero-order valence-electron chi connectivity index (χ0n) is 14.3. The fraction of sp³-hybridized carbons (Fsp3) is 0.733. The van der Waals surface area contributed by atoms with Gasteiger partial charge in [-0.25, -0.2) is 7.11 Å². The van der Waals surface area contributed by atoms with Crippen molar-refractivity contribution in [2.45, 2.75) is 41.0 Å². The topological polar surface area (TPSA) is 47.6 Å². The van der Waals surface area contributed by atoms with Gasteiger partial charge in [0, 0.05) is 20.3 Å². The molecule has 0 saturated heterocycles. The first-order valence-electron chi connectivity index (χ1n) is 6.56. The Bertz CT molecular complexity index is 209. The average molecular weight is 326 g/mol. The second kappa shape index (κ2) is 21.1. The van der Waals surface area contributed by atoms with Gasteiger partial charge >= 0.3 is 35.1 Å². The summed E-state index contributed by atoms with van der Waals surface area (Å²) < 4.78 is 11.6. The van der Waals surface area contributed by atoms with Crippen LogP contribution in [0.1, 0.15) is 41.0 Å². The molecule has 1 amide bonds. The van der Waals surface area contributed by atoms with Crippen LogP contribution in [-0.4, -0.2) is 37.5 Å². The molecule has 1 N–H and O–H groups in total. The molecule has 0 heterocycles. The van der Waals surface area contributed by atoms with Crippen LogP contribution in [0.25, 0.3) is 0 Å². The molecule has 0 aliphatic rings. The van der Waals surface area contributed by atoms with Crippen LogP contribution in [0.15, 0.2) is 0 Å². The van der Waals surface area contributed by atoms with Gasteiger partial charge in [-0.15, -0.1) is 0 Å². The van der Waals surface area contributed by atoms with Crippen LogP contribution < -0.4 is 5.32 Å². The molecule has 0 saturated carbocycles. The van der Waals surface area contributed by atoms with Crippen LogP contribution in [0, 0.1) is 20.0 Å². The Morgan fingerprint density at radius 2 is 1.85 bits per heavy atom. The SMILES string of the molecule is CC.CC[CH]=[V+2].[CH2-]OCC(C)(C)C(=O)NCCOC.[CH3-]. The van der Waals surface area contributed by atoms with Crippen molar-refractivity contribution in [1.82, 2.24) is 5.32 Å². The number of carbonyl (C=O) groups is 1. The summed E-state index contributed by atoms with van der Waals surface area (Å²) in [6.45, 7) is 11.1. The van der Waals surface area contributed by atoms with Gasteiger partial charge in [0.15, 0.2) is 0 Å². The number of methoxy groups -OCH3 is 1. The maximum Gasteiger partial charge on any atom is 0.227 e. The molecular formula is C15H33NO3V. The Kier molecular flexibility index (Phi) is 29.7. The molecule has 0 aromatic rings. The zero-order valence-corrected chi connectivity index (χ0v) is 15.7. The van der Waals surface area contributed by atoms with Gasteiger partial charge in [-0.3, -0.25) is 4.79 Å². The van der Waals surface area contributed by atoms with E-state index in [0.717, 1.165) is 0 Å². The Balaban J connectivity index is -0.000000157. The van der Waals surface area contributed by atoms with E-state index in [0.29, 0.717) is 19.8 Å². The zero-order chi connectivity index (χ0) is 15.7.